The summed E-state index contributed by atoms with van der Waals surface area (Å²) in [6.07, 6.45) is 0.789. The minimum atomic E-state index is 0.00876. The first-order chi connectivity index (χ1) is 7.33. The maximum absolute atomic E-state index is 5.49. The molecule has 80 valence electrons. The molecular weight excluding hydrogens is 192 g/mol. The molecule has 15 heavy (non-hydrogen) atoms. The number of oxime groups is 1. The van der Waals surface area contributed by atoms with Gasteiger partial charge in [0, 0.05) is 13.0 Å². The summed E-state index contributed by atoms with van der Waals surface area (Å²) in [5, 5.41) is 3.91. The van der Waals surface area contributed by atoms with E-state index in [4.69, 9.17) is 15.3 Å². The molecule has 0 bridgehead atoms. The maximum Gasteiger partial charge on any atom is 0.157 e. The molecule has 2 N–H and O–H groups in total. The van der Waals surface area contributed by atoms with Crippen LogP contribution in [0.25, 0.3) is 0 Å². The van der Waals surface area contributed by atoms with Gasteiger partial charge in [-0.25, -0.2) is 0 Å². The number of hydrogen-bond acceptors (Lipinski definition) is 4. The van der Waals surface area contributed by atoms with Crippen LogP contribution in [0.15, 0.2) is 29.4 Å². The molecule has 1 aromatic carbocycles. The smallest absolute Gasteiger partial charge is 0.157 e. The van der Waals surface area contributed by atoms with Crippen LogP contribution in [0.3, 0.4) is 0 Å². The van der Waals surface area contributed by atoms with Gasteiger partial charge in [-0.1, -0.05) is 17.3 Å². The lowest BCUT2D eigenvalue weighted by molar-refractivity contribution is 0.0857. The van der Waals surface area contributed by atoms with Gasteiger partial charge in [0.1, 0.15) is 5.75 Å². The van der Waals surface area contributed by atoms with E-state index in [9.17, 15) is 0 Å². The lowest BCUT2D eigenvalue weighted by Gasteiger charge is -2.08. The van der Waals surface area contributed by atoms with Crippen molar-refractivity contribution >= 4 is 5.71 Å². The summed E-state index contributed by atoms with van der Waals surface area (Å²) in [5.41, 5.74) is 7.50. The minimum Gasteiger partial charge on any atom is -0.497 e. The molecule has 0 spiro atoms. The Kier molecular flexibility index (Phi) is 2.87. The summed E-state index contributed by atoms with van der Waals surface area (Å²) in [5.74, 6) is 0.844. The van der Waals surface area contributed by atoms with Crippen molar-refractivity contribution in [2.24, 2.45) is 10.9 Å². The Morgan fingerprint density at radius 2 is 2.20 bits per heavy atom. The fourth-order valence-electron chi connectivity index (χ4n) is 1.54. The molecular formula is C11H14N2O2. The molecule has 0 fully saturated rings. The van der Waals surface area contributed by atoms with Gasteiger partial charge in [0.05, 0.1) is 12.8 Å². The normalized spacial score (nSPS) is 19.6. The molecule has 0 radical (unpaired) electrons. The van der Waals surface area contributed by atoms with Crippen molar-refractivity contribution in [3.8, 4) is 5.75 Å². The largest absolute Gasteiger partial charge is 0.497 e. The zero-order chi connectivity index (χ0) is 10.7. The van der Waals surface area contributed by atoms with Crippen LogP contribution in [0.4, 0.5) is 0 Å². The Labute approximate surface area is 88.7 Å². The zero-order valence-electron chi connectivity index (χ0n) is 8.64. The molecule has 2 rings (SSSR count). The lowest BCUT2D eigenvalue weighted by atomic mass is 10.0. The second-order valence-corrected chi connectivity index (χ2v) is 3.43. The van der Waals surface area contributed by atoms with Crippen molar-refractivity contribution in [3.05, 3.63) is 29.8 Å². The Morgan fingerprint density at radius 3 is 2.73 bits per heavy atom. The number of nitrogens with two attached hydrogens (primary N) is 1. The van der Waals surface area contributed by atoms with E-state index in [0.29, 0.717) is 6.54 Å². The van der Waals surface area contributed by atoms with Gasteiger partial charge in [0.25, 0.3) is 0 Å². The van der Waals surface area contributed by atoms with E-state index in [2.05, 4.69) is 5.16 Å². The summed E-state index contributed by atoms with van der Waals surface area (Å²) in [4.78, 5) is 5.28. The van der Waals surface area contributed by atoms with E-state index in [1.807, 2.05) is 24.3 Å². The number of hydrogen-bond donors (Lipinski definition) is 1. The average Bonchev–Trinajstić information content (AvgIpc) is 2.78. The van der Waals surface area contributed by atoms with Crippen LogP contribution in [0, 0.1) is 0 Å². The van der Waals surface area contributed by atoms with Crippen molar-refractivity contribution in [3.63, 3.8) is 0 Å². The Bertz CT molecular complexity index is 359. The van der Waals surface area contributed by atoms with Crippen LogP contribution >= 0.6 is 0 Å². The molecule has 0 saturated heterocycles. The molecule has 0 aliphatic carbocycles. The number of benzene rings is 1. The van der Waals surface area contributed by atoms with Crippen LogP contribution < -0.4 is 10.5 Å². The molecule has 0 saturated carbocycles. The molecule has 0 aromatic heterocycles. The molecule has 1 aliphatic rings. The summed E-state index contributed by atoms with van der Waals surface area (Å²) in [6.45, 7) is 0.465. The molecule has 1 atom stereocenters. The van der Waals surface area contributed by atoms with Gasteiger partial charge >= 0.3 is 0 Å². The second-order valence-electron chi connectivity index (χ2n) is 3.43. The first kappa shape index (κ1) is 9.98. The van der Waals surface area contributed by atoms with E-state index in [0.717, 1.165) is 23.4 Å². The van der Waals surface area contributed by atoms with Crippen LogP contribution in [0.1, 0.15) is 18.1 Å². The first-order valence-electron chi connectivity index (χ1n) is 4.89. The highest BCUT2D eigenvalue weighted by atomic mass is 16.6. The van der Waals surface area contributed by atoms with Gasteiger partial charge in [0.2, 0.25) is 0 Å². The van der Waals surface area contributed by atoms with E-state index < -0.39 is 0 Å². The van der Waals surface area contributed by atoms with Crippen LogP contribution in [-0.4, -0.2) is 19.4 Å². The van der Waals surface area contributed by atoms with E-state index in [-0.39, 0.29) is 6.10 Å². The molecule has 1 aromatic rings. The predicted octanol–water partition coefficient (Wildman–Crippen LogP) is 1.47. The van der Waals surface area contributed by atoms with Gasteiger partial charge in [-0.2, -0.15) is 0 Å². The van der Waals surface area contributed by atoms with Crippen molar-refractivity contribution in [2.45, 2.75) is 12.5 Å². The van der Waals surface area contributed by atoms with Gasteiger partial charge in [0.15, 0.2) is 6.10 Å². The van der Waals surface area contributed by atoms with Gasteiger partial charge < -0.3 is 15.3 Å². The van der Waals surface area contributed by atoms with Gasteiger partial charge in [-0.15, -0.1) is 0 Å². The molecule has 0 amide bonds. The molecule has 1 aliphatic heterocycles. The van der Waals surface area contributed by atoms with E-state index >= 15 is 0 Å². The third kappa shape index (κ3) is 2.10. The molecule has 4 nitrogen and oxygen atoms in total. The first-order valence-corrected chi connectivity index (χ1v) is 4.89. The number of methoxy groups -OCH3 is 1. The summed E-state index contributed by atoms with van der Waals surface area (Å²) in [7, 11) is 1.65. The molecule has 0 unspecified atom stereocenters. The van der Waals surface area contributed by atoms with Crippen LogP contribution in [0.2, 0.25) is 0 Å². The van der Waals surface area contributed by atoms with Crippen LogP contribution in [0.5, 0.6) is 5.75 Å². The minimum absolute atomic E-state index is 0.00876. The molecule has 1 heterocycles. The standard InChI is InChI=1S/C11H14N2O2/c1-14-10-4-2-8(3-5-10)11-6-9(7-12)13-15-11/h2-5,11H,6-7,12H2,1H3/t11-/m0/s1. The summed E-state index contributed by atoms with van der Waals surface area (Å²) < 4.78 is 5.08. The monoisotopic (exact) mass is 206 g/mol. The van der Waals surface area contributed by atoms with E-state index in [1.54, 1.807) is 7.11 Å². The SMILES string of the molecule is COc1ccc([C@@H]2CC(CN)=NO2)cc1. The van der Waals surface area contributed by atoms with Gasteiger partial charge in [-0.3, -0.25) is 0 Å². The highest BCUT2D eigenvalue weighted by Crippen LogP contribution is 2.27. The Hall–Kier alpha value is -1.55. The van der Waals surface area contributed by atoms with Crippen molar-refractivity contribution < 1.29 is 9.57 Å². The zero-order valence-corrected chi connectivity index (χ0v) is 8.64. The predicted molar refractivity (Wildman–Crippen MR) is 57.9 cm³/mol. The molecule has 4 heteroatoms. The van der Waals surface area contributed by atoms with Crippen molar-refractivity contribution in [1.82, 2.24) is 0 Å². The third-order valence-corrected chi connectivity index (χ3v) is 2.45. The highest BCUT2D eigenvalue weighted by Gasteiger charge is 2.21. The Morgan fingerprint density at radius 1 is 1.47 bits per heavy atom. The fourth-order valence-corrected chi connectivity index (χ4v) is 1.54. The number of ether oxygens (including phenoxy) is 1. The average molecular weight is 206 g/mol. The Balaban J connectivity index is 2.05. The summed E-state index contributed by atoms with van der Waals surface area (Å²) >= 11 is 0. The fraction of sp³-hybridized carbons (Fsp3) is 0.364. The quantitative estimate of drug-likeness (QED) is 0.814. The highest BCUT2D eigenvalue weighted by molar-refractivity contribution is 5.87. The maximum atomic E-state index is 5.49. The van der Waals surface area contributed by atoms with Crippen molar-refractivity contribution in [2.75, 3.05) is 13.7 Å². The van der Waals surface area contributed by atoms with Crippen LogP contribution in [-0.2, 0) is 4.84 Å². The number of rotatable bonds is 3. The van der Waals surface area contributed by atoms with Crippen molar-refractivity contribution in [1.29, 1.82) is 0 Å². The van der Waals surface area contributed by atoms with E-state index in [1.165, 1.54) is 0 Å². The third-order valence-electron chi connectivity index (χ3n) is 2.45. The summed E-state index contributed by atoms with van der Waals surface area (Å²) in [6, 6.07) is 7.80. The second kappa shape index (κ2) is 4.31. The lowest BCUT2D eigenvalue weighted by Crippen LogP contribution is -2.12. The topological polar surface area (TPSA) is 56.8 Å². The number of nitrogens with zero attached hydrogens (tertiary/aromatic N) is 1. The van der Waals surface area contributed by atoms with Gasteiger partial charge in [-0.05, 0) is 17.7 Å².